The molecule has 0 unspecified atom stereocenters. The van der Waals surface area contributed by atoms with E-state index in [1.54, 1.807) is 6.92 Å². The molecule has 1 aromatic heterocycles. The molecular formula is C11H8F2N2O. The lowest BCUT2D eigenvalue weighted by atomic mass is 10.2. The molecule has 82 valence electrons. The van der Waals surface area contributed by atoms with Crippen LogP contribution in [0.5, 0.6) is 0 Å². The summed E-state index contributed by atoms with van der Waals surface area (Å²) in [5.74, 6) is -1.11. The number of aryl methyl sites for hydroxylation is 1. The number of nitrogens with zero attached hydrogens (tertiary/aromatic N) is 2. The predicted molar refractivity (Wildman–Crippen MR) is 53.6 cm³/mol. The Kier molecular flexibility index (Phi) is 2.52. The lowest BCUT2D eigenvalue weighted by molar-refractivity contribution is 0.112. The highest BCUT2D eigenvalue weighted by molar-refractivity contribution is 5.75. The smallest absolute Gasteiger partial charge is 0.150 e. The van der Waals surface area contributed by atoms with Crippen molar-refractivity contribution in [2.75, 3.05) is 0 Å². The Bertz CT molecular complexity index is 526. The molecular weight excluding hydrogens is 214 g/mol. The average molecular weight is 222 g/mol. The zero-order valence-corrected chi connectivity index (χ0v) is 8.45. The van der Waals surface area contributed by atoms with Gasteiger partial charge in [0.2, 0.25) is 0 Å². The zero-order chi connectivity index (χ0) is 11.7. The van der Waals surface area contributed by atoms with E-state index in [4.69, 9.17) is 0 Å². The van der Waals surface area contributed by atoms with E-state index >= 15 is 0 Å². The van der Waals surface area contributed by atoms with E-state index in [1.807, 2.05) is 0 Å². The van der Waals surface area contributed by atoms with Crippen LogP contribution >= 0.6 is 0 Å². The van der Waals surface area contributed by atoms with Crippen molar-refractivity contribution in [3.8, 4) is 5.69 Å². The van der Waals surface area contributed by atoms with Gasteiger partial charge < -0.3 is 0 Å². The lowest BCUT2D eigenvalue weighted by Crippen LogP contribution is -2.03. The first-order valence-electron chi connectivity index (χ1n) is 4.58. The van der Waals surface area contributed by atoms with E-state index in [0.29, 0.717) is 12.1 Å². The molecule has 0 N–H and O–H groups in total. The monoisotopic (exact) mass is 222 g/mol. The number of halogens is 2. The molecule has 0 aliphatic heterocycles. The standard InChI is InChI=1S/C11H8F2N2O/c1-7-14-2-3-15(7)11-9(12)4-8(6-16)5-10(11)13/h2-6H,1H3. The van der Waals surface area contributed by atoms with Crippen LogP contribution in [0.25, 0.3) is 5.69 Å². The molecule has 0 aliphatic carbocycles. The maximum atomic E-state index is 13.6. The summed E-state index contributed by atoms with van der Waals surface area (Å²) in [7, 11) is 0. The Hall–Kier alpha value is -2.04. The Morgan fingerprint density at radius 3 is 2.38 bits per heavy atom. The van der Waals surface area contributed by atoms with Crippen LogP contribution in [-0.2, 0) is 0 Å². The molecule has 0 amide bonds. The van der Waals surface area contributed by atoms with Crippen molar-refractivity contribution < 1.29 is 13.6 Å². The van der Waals surface area contributed by atoms with Crippen LogP contribution < -0.4 is 0 Å². The second kappa shape index (κ2) is 3.84. The van der Waals surface area contributed by atoms with Crippen LogP contribution in [0.3, 0.4) is 0 Å². The molecule has 0 saturated carbocycles. The Balaban J connectivity index is 2.67. The number of carbonyl (C=O) groups excluding carboxylic acids is 1. The van der Waals surface area contributed by atoms with Crippen molar-refractivity contribution in [2.45, 2.75) is 6.92 Å². The average Bonchev–Trinajstić information content (AvgIpc) is 2.64. The number of aldehydes is 1. The first-order chi connectivity index (χ1) is 7.63. The number of hydrogen-bond acceptors (Lipinski definition) is 2. The van der Waals surface area contributed by atoms with Crippen LogP contribution in [0.15, 0.2) is 24.5 Å². The van der Waals surface area contributed by atoms with E-state index in [-0.39, 0.29) is 11.3 Å². The summed E-state index contributed by atoms with van der Waals surface area (Å²) in [6.07, 6.45) is 3.30. The number of carbonyl (C=O) groups is 1. The quantitative estimate of drug-likeness (QED) is 0.730. The topological polar surface area (TPSA) is 34.9 Å². The van der Waals surface area contributed by atoms with Crippen LogP contribution in [0.1, 0.15) is 16.2 Å². The minimum absolute atomic E-state index is 0.0310. The highest BCUT2D eigenvalue weighted by Crippen LogP contribution is 2.20. The molecule has 0 spiro atoms. The van der Waals surface area contributed by atoms with Crippen molar-refractivity contribution in [1.29, 1.82) is 0 Å². The van der Waals surface area contributed by atoms with E-state index in [0.717, 1.165) is 12.1 Å². The summed E-state index contributed by atoms with van der Waals surface area (Å²) in [4.78, 5) is 14.3. The molecule has 0 saturated heterocycles. The molecule has 2 aromatic rings. The first kappa shape index (κ1) is 10.5. The third kappa shape index (κ3) is 1.60. The fourth-order valence-corrected chi connectivity index (χ4v) is 1.50. The highest BCUT2D eigenvalue weighted by atomic mass is 19.1. The second-order valence-corrected chi connectivity index (χ2v) is 3.30. The molecule has 1 aromatic carbocycles. The number of aromatic nitrogens is 2. The third-order valence-electron chi connectivity index (χ3n) is 2.24. The minimum Gasteiger partial charge on any atom is -0.299 e. The van der Waals surface area contributed by atoms with Gasteiger partial charge in [-0.25, -0.2) is 13.8 Å². The van der Waals surface area contributed by atoms with E-state index in [2.05, 4.69) is 4.98 Å². The van der Waals surface area contributed by atoms with Gasteiger partial charge in [-0.2, -0.15) is 0 Å². The SMILES string of the molecule is Cc1nccn1-c1c(F)cc(C=O)cc1F. The predicted octanol–water partition coefficient (Wildman–Crippen LogP) is 2.27. The molecule has 0 bridgehead atoms. The van der Waals surface area contributed by atoms with Gasteiger partial charge in [-0.15, -0.1) is 0 Å². The van der Waals surface area contributed by atoms with Crippen LogP contribution in [0, 0.1) is 18.6 Å². The fraction of sp³-hybridized carbons (Fsp3) is 0.0909. The largest absolute Gasteiger partial charge is 0.299 e. The van der Waals surface area contributed by atoms with Crippen molar-refractivity contribution in [3.05, 3.63) is 47.5 Å². The third-order valence-corrected chi connectivity index (χ3v) is 2.24. The van der Waals surface area contributed by atoms with E-state index < -0.39 is 11.6 Å². The van der Waals surface area contributed by atoms with Gasteiger partial charge in [0.05, 0.1) is 0 Å². The summed E-state index contributed by atoms with van der Waals surface area (Å²) in [6.45, 7) is 1.63. The van der Waals surface area contributed by atoms with Gasteiger partial charge in [0, 0.05) is 18.0 Å². The van der Waals surface area contributed by atoms with Gasteiger partial charge in [-0.05, 0) is 19.1 Å². The van der Waals surface area contributed by atoms with Gasteiger partial charge >= 0.3 is 0 Å². The number of hydrogen-bond donors (Lipinski definition) is 0. The van der Waals surface area contributed by atoms with Crippen LogP contribution in [0.4, 0.5) is 8.78 Å². The molecule has 3 nitrogen and oxygen atoms in total. The summed E-state index contributed by atoms with van der Waals surface area (Å²) in [5.41, 5.74) is -0.253. The molecule has 5 heteroatoms. The second-order valence-electron chi connectivity index (χ2n) is 3.30. The number of imidazole rings is 1. The van der Waals surface area contributed by atoms with Gasteiger partial charge in [0.1, 0.15) is 17.8 Å². The van der Waals surface area contributed by atoms with Gasteiger partial charge in [-0.3, -0.25) is 9.36 Å². The summed E-state index contributed by atoms with van der Waals surface area (Å²) in [5, 5.41) is 0. The fourth-order valence-electron chi connectivity index (χ4n) is 1.50. The van der Waals surface area contributed by atoms with Crippen molar-refractivity contribution >= 4 is 6.29 Å². The Labute approximate surface area is 90.3 Å². The molecule has 2 rings (SSSR count). The van der Waals surface area contributed by atoms with Crippen LogP contribution in [-0.4, -0.2) is 15.8 Å². The molecule has 0 aliphatic rings. The maximum absolute atomic E-state index is 13.6. The minimum atomic E-state index is -0.789. The van der Waals surface area contributed by atoms with E-state index in [1.165, 1.54) is 17.0 Å². The van der Waals surface area contributed by atoms with Crippen molar-refractivity contribution in [1.82, 2.24) is 9.55 Å². The normalized spacial score (nSPS) is 10.4. The Morgan fingerprint density at radius 1 is 1.31 bits per heavy atom. The maximum Gasteiger partial charge on any atom is 0.150 e. The van der Waals surface area contributed by atoms with Crippen LogP contribution in [0.2, 0.25) is 0 Å². The number of rotatable bonds is 2. The zero-order valence-electron chi connectivity index (χ0n) is 8.45. The van der Waals surface area contributed by atoms with Gasteiger partial charge in [-0.1, -0.05) is 0 Å². The van der Waals surface area contributed by atoms with Gasteiger partial charge in [0.15, 0.2) is 11.6 Å². The molecule has 0 radical (unpaired) electrons. The highest BCUT2D eigenvalue weighted by Gasteiger charge is 2.14. The Morgan fingerprint density at radius 2 is 1.94 bits per heavy atom. The summed E-state index contributed by atoms with van der Waals surface area (Å²) < 4.78 is 28.5. The molecule has 16 heavy (non-hydrogen) atoms. The molecule has 0 atom stereocenters. The number of benzene rings is 1. The summed E-state index contributed by atoms with van der Waals surface area (Å²) >= 11 is 0. The van der Waals surface area contributed by atoms with Gasteiger partial charge in [0.25, 0.3) is 0 Å². The van der Waals surface area contributed by atoms with E-state index in [9.17, 15) is 13.6 Å². The van der Waals surface area contributed by atoms with Crippen molar-refractivity contribution in [3.63, 3.8) is 0 Å². The first-order valence-corrected chi connectivity index (χ1v) is 4.58. The summed E-state index contributed by atoms with van der Waals surface area (Å²) in [6, 6.07) is 1.98. The molecule has 1 heterocycles. The molecule has 0 fully saturated rings. The lowest BCUT2D eigenvalue weighted by Gasteiger charge is -2.08. The van der Waals surface area contributed by atoms with Crippen molar-refractivity contribution in [2.24, 2.45) is 0 Å².